The number of benzene rings is 1. The molecule has 3 nitrogen and oxygen atoms in total. The molecule has 0 saturated heterocycles. The van der Waals surface area contributed by atoms with Crippen molar-refractivity contribution in [2.45, 2.75) is 19.5 Å². The third kappa shape index (κ3) is 3.95. The van der Waals surface area contributed by atoms with Gasteiger partial charge in [-0.25, -0.2) is 0 Å². The lowest BCUT2D eigenvalue weighted by molar-refractivity contribution is 0.679. The zero-order valence-corrected chi connectivity index (χ0v) is 10.5. The molecule has 0 amide bonds. The number of nitrogens with one attached hydrogen (secondary N) is 1. The van der Waals surface area contributed by atoms with E-state index in [1.807, 2.05) is 18.3 Å². The molecule has 1 aromatic carbocycles. The van der Waals surface area contributed by atoms with E-state index in [1.165, 1.54) is 11.1 Å². The third-order valence-corrected chi connectivity index (χ3v) is 2.84. The fraction of sp³-hybridized carbons (Fsp3) is 0.267. The second kappa shape index (κ2) is 6.89. The van der Waals surface area contributed by atoms with Gasteiger partial charge in [0, 0.05) is 37.9 Å². The molecule has 2 rings (SSSR count). The molecule has 0 aliphatic carbocycles. The minimum atomic E-state index is 0.599. The van der Waals surface area contributed by atoms with Crippen LogP contribution in [0, 0.1) is 0 Å². The monoisotopic (exact) mass is 241 g/mol. The molecule has 18 heavy (non-hydrogen) atoms. The van der Waals surface area contributed by atoms with Crippen LogP contribution in [0.25, 0.3) is 0 Å². The predicted molar refractivity (Wildman–Crippen MR) is 74.0 cm³/mol. The largest absolute Gasteiger partial charge is 0.326 e. The number of hydrogen-bond acceptors (Lipinski definition) is 3. The van der Waals surface area contributed by atoms with Crippen molar-refractivity contribution in [1.29, 1.82) is 0 Å². The van der Waals surface area contributed by atoms with E-state index in [1.54, 1.807) is 0 Å². The van der Waals surface area contributed by atoms with E-state index >= 15 is 0 Å². The molecule has 0 radical (unpaired) electrons. The second-order valence-electron chi connectivity index (χ2n) is 4.27. The Morgan fingerprint density at radius 3 is 2.72 bits per heavy atom. The molecule has 0 unspecified atom stereocenters. The van der Waals surface area contributed by atoms with E-state index in [4.69, 9.17) is 5.73 Å². The summed E-state index contributed by atoms with van der Waals surface area (Å²) in [6.07, 6.45) is 2.79. The maximum absolute atomic E-state index is 5.62. The van der Waals surface area contributed by atoms with Gasteiger partial charge < -0.3 is 11.1 Å². The van der Waals surface area contributed by atoms with Crippen LogP contribution >= 0.6 is 0 Å². The topological polar surface area (TPSA) is 50.9 Å². The Hall–Kier alpha value is -1.71. The van der Waals surface area contributed by atoms with Crippen LogP contribution in [-0.4, -0.2) is 11.5 Å². The van der Waals surface area contributed by atoms with Crippen molar-refractivity contribution in [2.24, 2.45) is 5.73 Å². The van der Waals surface area contributed by atoms with E-state index in [0.717, 1.165) is 25.2 Å². The molecule has 94 valence electrons. The molecule has 3 heteroatoms. The van der Waals surface area contributed by atoms with Gasteiger partial charge in [0.05, 0.1) is 0 Å². The second-order valence-corrected chi connectivity index (χ2v) is 4.27. The van der Waals surface area contributed by atoms with Crippen LogP contribution in [0.5, 0.6) is 0 Å². The summed E-state index contributed by atoms with van der Waals surface area (Å²) in [5.74, 6) is 0. The standard InChI is InChI=1S/C15H19N3/c16-11-13-4-3-5-14(10-13)12-17-9-7-15-6-1-2-8-18-15/h1-6,8,10,17H,7,9,11-12,16H2. The lowest BCUT2D eigenvalue weighted by Gasteiger charge is -2.06. The fourth-order valence-electron chi connectivity index (χ4n) is 1.86. The molecule has 0 atom stereocenters. The lowest BCUT2D eigenvalue weighted by atomic mass is 10.1. The molecule has 2 aromatic rings. The molecule has 0 aliphatic heterocycles. The highest BCUT2D eigenvalue weighted by Crippen LogP contribution is 2.04. The quantitative estimate of drug-likeness (QED) is 0.759. The Labute approximate surface area is 108 Å². The van der Waals surface area contributed by atoms with E-state index < -0.39 is 0 Å². The van der Waals surface area contributed by atoms with Gasteiger partial charge in [-0.2, -0.15) is 0 Å². The summed E-state index contributed by atoms with van der Waals surface area (Å²) < 4.78 is 0. The van der Waals surface area contributed by atoms with Gasteiger partial charge in [0.2, 0.25) is 0 Å². The van der Waals surface area contributed by atoms with Gasteiger partial charge in [-0.3, -0.25) is 4.98 Å². The fourth-order valence-corrected chi connectivity index (χ4v) is 1.86. The number of aromatic nitrogens is 1. The average molecular weight is 241 g/mol. The van der Waals surface area contributed by atoms with Crippen LogP contribution in [0.15, 0.2) is 48.7 Å². The van der Waals surface area contributed by atoms with Crippen LogP contribution in [0.3, 0.4) is 0 Å². The van der Waals surface area contributed by atoms with Crippen molar-refractivity contribution in [2.75, 3.05) is 6.54 Å². The first kappa shape index (κ1) is 12.7. The summed E-state index contributed by atoms with van der Waals surface area (Å²) in [6, 6.07) is 14.4. The van der Waals surface area contributed by atoms with Crippen molar-refractivity contribution in [1.82, 2.24) is 10.3 Å². The van der Waals surface area contributed by atoms with Gasteiger partial charge in [0.25, 0.3) is 0 Å². The lowest BCUT2D eigenvalue weighted by Crippen LogP contribution is -2.17. The maximum Gasteiger partial charge on any atom is 0.0416 e. The summed E-state index contributed by atoms with van der Waals surface area (Å²) in [5, 5.41) is 3.42. The van der Waals surface area contributed by atoms with Crippen LogP contribution in [0.2, 0.25) is 0 Å². The normalized spacial score (nSPS) is 10.5. The van der Waals surface area contributed by atoms with Gasteiger partial charge in [-0.1, -0.05) is 30.3 Å². The summed E-state index contributed by atoms with van der Waals surface area (Å²) in [5.41, 5.74) is 9.20. The molecular weight excluding hydrogens is 222 g/mol. The molecule has 0 aliphatic rings. The summed E-state index contributed by atoms with van der Waals surface area (Å²) >= 11 is 0. The molecular formula is C15H19N3. The molecule has 0 spiro atoms. The first-order chi connectivity index (χ1) is 8.88. The molecule has 0 bridgehead atoms. The Kier molecular flexibility index (Phi) is 4.88. The van der Waals surface area contributed by atoms with Gasteiger partial charge in [-0.05, 0) is 23.3 Å². The minimum absolute atomic E-state index is 0.599. The van der Waals surface area contributed by atoms with E-state index in [0.29, 0.717) is 6.54 Å². The highest BCUT2D eigenvalue weighted by molar-refractivity contribution is 5.23. The van der Waals surface area contributed by atoms with Gasteiger partial charge in [0.1, 0.15) is 0 Å². The Balaban J connectivity index is 1.75. The van der Waals surface area contributed by atoms with Crippen molar-refractivity contribution >= 4 is 0 Å². The molecule has 0 fully saturated rings. The van der Waals surface area contributed by atoms with Crippen molar-refractivity contribution in [3.63, 3.8) is 0 Å². The highest BCUT2D eigenvalue weighted by atomic mass is 14.8. The zero-order chi connectivity index (χ0) is 12.6. The maximum atomic E-state index is 5.62. The Morgan fingerprint density at radius 2 is 1.94 bits per heavy atom. The summed E-state index contributed by atoms with van der Waals surface area (Å²) in [6.45, 7) is 2.41. The van der Waals surface area contributed by atoms with Crippen LogP contribution in [-0.2, 0) is 19.5 Å². The smallest absolute Gasteiger partial charge is 0.0416 e. The first-order valence-corrected chi connectivity index (χ1v) is 6.27. The van der Waals surface area contributed by atoms with Crippen LogP contribution < -0.4 is 11.1 Å². The molecule has 0 saturated carbocycles. The number of nitrogens with two attached hydrogens (primary N) is 1. The highest BCUT2D eigenvalue weighted by Gasteiger charge is 1.96. The predicted octanol–water partition coefficient (Wildman–Crippen LogP) is 1.87. The van der Waals surface area contributed by atoms with Gasteiger partial charge in [0.15, 0.2) is 0 Å². The van der Waals surface area contributed by atoms with E-state index in [9.17, 15) is 0 Å². The van der Waals surface area contributed by atoms with Crippen molar-refractivity contribution in [3.8, 4) is 0 Å². The number of pyridine rings is 1. The Morgan fingerprint density at radius 1 is 1.06 bits per heavy atom. The summed E-state index contributed by atoms with van der Waals surface area (Å²) in [7, 11) is 0. The third-order valence-electron chi connectivity index (χ3n) is 2.84. The SMILES string of the molecule is NCc1cccc(CNCCc2ccccn2)c1. The minimum Gasteiger partial charge on any atom is -0.326 e. The summed E-state index contributed by atoms with van der Waals surface area (Å²) in [4.78, 5) is 4.29. The van der Waals surface area contributed by atoms with Gasteiger partial charge in [-0.15, -0.1) is 0 Å². The molecule has 1 aromatic heterocycles. The zero-order valence-electron chi connectivity index (χ0n) is 10.5. The van der Waals surface area contributed by atoms with Crippen molar-refractivity contribution in [3.05, 3.63) is 65.5 Å². The van der Waals surface area contributed by atoms with Crippen LogP contribution in [0.1, 0.15) is 16.8 Å². The molecule has 3 N–H and O–H groups in total. The number of nitrogens with zero attached hydrogens (tertiary/aromatic N) is 1. The Bertz CT molecular complexity index is 468. The number of rotatable bonds is 6. The molecule has 1 heterocycles. The number of hydrogen-bond donors (Lipinski definition) is 2. The first-order valence-electron chi connectivity index (χ1n) is 6.27. The van der Waals surface area contributed by atoms with Crippen LogP contribution in [0.4, 0.5) is 0 Å². The average Bonchev–Trinajstić information content (AvgIpc) is 2.45. The van der Waals surface area contributed by atoms with E-state index in [2.05, 4.69) is 40.6 Å². The van der Waals surface area contributed by atoms with Gasteiger partial charge >= 0.3 is 0 Å². The van der Waals surface area contributed by atoms with Crippen molar-refractivity contribution < 1.29 is 0 Å². The van der Waals surface area contributed by atoms with E-state index in [-0.39, 0.29) is 0 Å².